The quantitative estimate of drug-likeness (QED) is 0.524. The highest BCUT2D eigenvalue weighted by molar-refractivity contribution is 5.86. The van der Waals surface area contributed by atoms with E-state index in [1.54, 1.807) is 0 Å². The van der Waals surface area contributed by atoms with Crippen LogP contribution >= 0.6 is 0 Å². The fourth-order valence-electron chi connectivity index (χ4n) is 3.81. The van der Waals surface area contributed by atoms with Crippen molar-refractivity contribution < 1.29 is 0 Å². The van der Waals surface area contributed by atoms with E-state index in [4.69, 9.17) is 6.57 Å². The second kappa shape index (κ2) is 8.41. The van der Waals surface area contributed by atoms with Gasteiger partial charge in [-0.2, -0.15) is 0 Å². The summed E-state index contributed by atoms with van der Waals surface area (Å²) < 4.78 is 0. The average Bonchev–Trinajstić information content (AvgIpc) is 3.14. The third-order valence-electron chi connectivity index (χ3n) is 5.47. The lowest BCUT2D eigenvalue weighted by Gasteiger charge is -2.34. The highest BCUT2D eigenvalue weighted by atomic mass is 15.3. The van der Waals surface area contributed by atoms with Crippen LogP contribution in [0.1, 0.15) is 24.0 Å². The molecule has 0 radical (unpaired) electrons. The molecule has 0 amide bonds. The first kappa shape index (κ1) is 18.5. The van der Waals surface area contributed by atoms with E-state index in [1.165, 1.54) is 17.4 Å². The van der Waals surface area contributed by atoms with E-state index in [0.29, 0.717) is 5.69 Å². The van der Waals surface area contributed by atoms with Crippen molar-refractivity contribution in [1.29, 1.82) is 0 Å². The summed E-state index contributed by atoms with van der Waals surface area (Å²) in [7, 11) is 0. The fourth-order valence-corrected chi connectivity index (χ4v) is 3.81. The van der Waals surface area contributed by atoms with Crippen molar-refractivity contribution in [2.45, 2.75) is 26.2 Å². The number of hydrogen-bond donors (Lipinski definition) is 1. The molecule has 28 heavy (non-hydrogen) atoms. The van der Waals surface area contributed by atoms with Gasteiger partial charge in [0.15, 0.2) is 5.69 Å². The molecule has 0 atom stereocenters. The minimum absolute atomic E-state index is 0.712. The third-order valence-corrected chi connectivity index (χ3v) is 5.47. The van der Waals surface area contributed by atoms with Gasteiger partial charge in [-0.05, 0) is 61.4 Å². The number of piperazine rings is 1. The molecule has 0 saturated carbocycles. The van der Waals surface area contributed by atoms with Crippen LogP contribution in [-0.2, 0) is 6.42 Å². The average molecular weight is 374 g/mol. The van der Waals surface area contributed by atoms with Gasteiger partial charge in [-0.1, -0.05) is 6.07 Å². The normalized spacial score (nSPS) is 15.1. The van der Waals surface area contributed by atoms with Crippen LogP contribution in [0.15, 0.2) is 36.8 Å². The Morgan fingerprint density at radius 3 is 2.64 bits per heavy atom. The van der Waals surface area contributed by atoms with Gasteiger partial charge in [-0.3, -0.25) is 4.90 Å². The van der Waals surface area contributed by atoms with Gasteiger partial charge in [-0.15, -0.1) is 0 Å². The second-order valence-electron chi connectivity index (χ2n) is 7.50. The minimum atomic E-state index is 0.712. The summed E-state index contributed by atoms with van der Waals surface area (Å²) in [6.45, 7) is 14.5. The van der Waals surface area contributed by atoms with E-state index in [-0.39, 0.29) is 0 Å². The number of anilines is 1. The van der Waals surface area contributed by atoms with Crippen molar-refractivity contribution in [3.63, 3.8) is 0 Å². The lowest BCUT2D eigenvalue weighted by molar-refractivity contribution is 0.252. The monoisotopic (exact) mass is 374 g/mol. The van der Waals surface area contributed by atoms with Crippen LogP contribution in [0.25, 0.3) is 15.7 Å². The van der Waals surface area contributed by atoms with Crippen LogP contribution in [0, 0.1) is 13.5 Å². The molecule has 1 fully saturated rings. The number of unbranched alkanes of at least 4 members (excludes halogenated alkanes) is 1. The molecule has 4 rings (SSSR count). The first-order valence-corrected chi connectivity index (χ1v) is 9.96. The molecular weight excluding hydrogens is 348 g/mol. The Hall–Kier alpha value is -2.91. The predicted octanol–water partition coefficient (Wildman–Crippen LogP) is 3.96. The number of aromatic amines is 1. The molecule has 1 aromatic carbocycles. The fraction of sp³-hybridized carbons (Fsp3) is 0.409. The van der Waals surface area contributed by atoms with E-state index in [9.17, 15) is 0 Å². The number of aromatic nitrogens is 3. The largest absolute Gasteiger partial charge is 0.361 e. The second-order valence-corrected chi connectivity index (χ2v) is 7.50. The molecule has 0 aliphatic carbocycles. The summed E-state index contributed by atoms with van der Waals surface area (Å²) in [5.41, 5.74) is 4.25. The molecule has 0 bridgehead atoms. The molecule has 144 valence electrons. The number of fused-ring (bicyclic) bond motifs is 1. The maximum Gasteiger partial charge on any atom is 0.225 e. The van der Waals surface area contributed by atoms with Crippen LogP contribution in [0.3, 0.4) is 0 Å². The number of rotatable bonds is 6. The van der Waals surface area contributed by atoms with Gasteiger partial charge < -0.3 is 9.88 Å². The van der Waals surface area contributed by atoms with Crippen LogP contribution < -0.4 is 4.90 Å². The van der Waals surface area contributed by atoms with Gasteiger partial charge in [0.2, 0.25) is 5.95 Å². The summed E-state index contributed by atoms with van der Waals surface area (Å²) in [5.74, 6) is 0.850. The zero-order chi connectivity index (χ0) is 19.3. The van der Waals surface area contributed by atoms with Crippen molar-refractivity contribution in [3.05, 3.63) is 59.3 Å². The zero-order valence-corrected chi connectivity index (χ0v) is 16.4. The van der Waals surface area contributed by atoms with E-state index < -0.39 is 0 Å². The minimum Gasteiger partial charge on any atom is -0.361 e. The summed E-state index contributed by atoms with van der Waals surface area (Å²) in [4.78, 5) is 20.6. The van der Waals surface area contributed by atoms with Crippen LogP contribution in [0.2, 0.25) is 0 Å². The lowest BCUT2D eigenvalue weighted by atomic mass is 10.1. The molecule has 1 saturated heterocycles. The number of hydrogen-bond acceptors (Lipinski definition) is 4. The molecule has 0 spiro atoms. The molecule has 0 unspecified atom stereocenters. The van der Waals surface area contributed by atoms with Crippen molar-refractivity contribution in [2.24, 2.45) is 0 Å². The van der Waals surface area contributed by atoms with Crippen molar-refractivity contribution >= 4 is 22.5 Å². The van der Waals surface area contributed by atoms with Crippen LogP contribution in [0.5, 0.6) is 0 Å². The van der Waals surface area contributed by atoms with Gasteiger partial charge in [0.05, 0.1) is 6.57 Å². The van der Waals surface area contributed by atoms with Crippen LogP contribution in [-0.4, -0.2) is 52.6 Å². The van der Waals surface area contributed by atoms with E-state index in [0.717, 1.165) is 62.6 Å². The lowest BCUT2D eigenvalue weighted by Crippen LogP contribution is -2.47. The molecule has 6 heteroatoms. The Morgan fingerprint density at radius 2 is 1.89 bits per heavy atom. The number of aryl methyl sites for hydroxylation is 2. The Kier molecular flexibility index (Phi) is 5.54. The van der Waals surface area contributed by atoms with Crippen molar-refractivity contribution in [3.8, 4) is 0 Å². The first-order valence-electron chi connectivity index (χ1n) is 9.96. The Labute approximate surface area is 166 Å². The predicted molar refractivity (Wildman–Crippen MR) is 113 cm³/mol. The number of benzene rings is 1. The SMILES string of the molecule is [C-]#[N+]c1ccc2[nH]cc(CCCCN3CCN(c4ncc(C)cn4)CC3)c2c1. The first-order chi connectivity index (χ1) is 13.7. The summed E-state index contributed by atoms with van der Waals surface area (Å²) >= 11 is 0. The molecule has 3 aromatic rings. The van der Waals surface area contributed by atoms with Crippen molar-refractivity contribution in [1.82, 2.24) is 19.9 Å². The molecule has 1 aliphatic heterocycles. The van der Waals surface area contributed by atoms with Crippen molar-refractivity contribution in [2.75, 3.05) is 37.6 Å². The maximum absolute atomic E-state index is 7.20. The van der Waals surface area contributed by atoms with Gasteiger partial charge in [0.25, 0.3) is 0 Å². The Morgan fingerprint density at radius 1 is 1.11 bits per heavy atom. The highest BCUT2D eigenvalue weighted by Gasteiger charge is 2.18. The molecule has 1 N–H and O–H groups in total. The highest BCUT2D eigenvalue weighted by Crippen LogP contribution is 2.25. The zero-order valence-electron chi connectivity index (χ0n) is 16.4. The Balaban J connectivity index is 1.22. The summed E-state index contributed by atoms with van der Waals surface area (Å²) in [6, 6.07) is 5.88. The van der Waals surface area contributed by atoms with Gasteiger partial charge >= 0.3 is 0 Å². The molecule has 1 aliphatic rings. The molecule has 6 nitrogen and oxygen atoms in total. The molecule has 3 heterocycles. The number of H-pyrrole nitrogens is 1. The third kappa shape index (κ3) is 4.15. The molecule has 2 aromatic heterocycles. The number of nitrogens with zero attached hydrogens (tertiary/aromatic N) is 5. The maximum atomic E-state index is 7.20. The van der Waals surface area contributed by atoms with E-state index >= 15 is 0 Å². The smallest absolute Gasteiger partial charge is 0.225 e. The van der Waals surface area contributed by atoms with E-state index in [2.05, 4.69) is 35.8 Å². The molecular formula is C22H26N6. The summed E-state index contributed by atoms with van der Waals surface area (Å²) in [6.07, 6.45) is 9.28. The topological polar surface area (TPSA) is 52.4 Å². The van der Waals surface area contributed by atoms with Gasteiger partial charge in [-0.25, -0.2) is 14.8 Å². The van der Waals surface area contributed by atoms with Gasteiger partial charge in [0.1, 0.15) is 0 Å². The standard InChI is InChI=1S/C22H26N6/c1-17-14-25-22(26-15-17)28-11-9-27(10-12-28)8-4-3-5-18-16-24-21-7-6-19(23-2)13-20(18)21/h6-7,13-16,24H,3-5,8-12H2,1H3. The summed E-state index contributed by atoms with van der Waals surface area (Å²) in [5, 5.41) is 1.19. The number of nitrogens with one attached hydrogen (secondary N) is 1. The van der Waals surface area contributed by atoms with Crippen LogP contribution in [0.4, 0.5) is 11.6 Å². The van der Waals surface area contributed by atoms with Gasteiger partial charge in [0, 0.05) is 50.3 Å². The Bertz CT molecular complexity index is 961. The van der Waals surface area contributed by atoms with E-state index in [1.807, 2.05) is 37.5 Å².